The maximum Gasteiger partial charge on any atom is 0.291 e. The molecule has 3 aliphatic rings. The fourth-order valence-electron chi connectivity index (χ4n) is 3.82. The van der Waals surface area contributed by atoms with Gasteiger partial charge < -0.3 is 14.9 Å². The van der Waals surface area contributed by atoms with Crippen LogP contribution in [0.25, 0.3) is 6.08 Å². The Morgan fingerprint density at radius 3 is 2.62 bits per heavy atom. The Balaban J connectivity index is 1.35. The summed E-state index contributed by atoms with van der Waals surface area (Å²) in [5.74, 6) is -0.232. The van der Waals surface area contributed by atoms with Gasteiger partial charge in [0, 0.05) is 54.9 Å². The molecule has 2 aromatic rings. The summed E-state index contributed by atoms with van der Waals surface area (Å²) in [4.78, 5) is 29.8. The first-order valence-corrected chi connectivity index (χ1v) is 9.42. The molecule has 7 nitrogen and oxygen atoms in total. The van der Waals surface area contributed by atoms with E-state index in [2.05, 4.69) is 19.9 Å². The molecule has 0 aliphatic carbocycles. The average Bonchev–Trinajstić information content (AvgIpc) is 3.22. The Labute approximate surface area is 165 Å². The van der Waals surface area contributed by atoms with Crippen LogP contribution in [-0.2, 0) is 11.3 Å². The Morgan fingerprint density at radius 1 is 1.10 bits per heavy atom. The largest absolute Gasteiger partial charge is 0.507 e. The number of piperazine rings is 1. The van der Waals surface area contributed by atoms with Crippen molar-refractivity contribution < 1.29 is 14.3 Å². The molecule has 0 bridgehead atoms. The smallest absolute Gasteiger partial charge is 0.291 e. The van der Waals surface area contributed by atoms with Crippen LogP contribution in [0.3, 0.4) is 0 Å². The number of carbonyl (C=O) groups excluding carboxylic acids is 1. The van der Waals surface area contributed by atoms with Crippen LogP contribution < -0.4 is 15.5 Å². The third kappa shape index (κ3) is 3.06. The molecule has 0 saturated carbocycles. The molecule has 146 valence electrons. The van der Waals surface area contributed by atoms with Crippen molar-refractivity contribution >= 4 is 35.4 Å². The molecule has 29 heavy (non-hydrogen) atoms. The number of halogens is 1. The molecule has 2 aromatic carbocycles. The van der Waals surface area contributed by atoms with Crippen LogP contribution in [0.2, 0.25) is 0 Å². The summed E-state index contributed by atoms with van der Waals surface area (Å²) in [7, 11) is 0. The predicted octanol–water partition coefficient (Wildman–Crippen LogP) is 0.908. The number of phenols is 1. The van der Waals surface area contributed by atoms with Gasteiger partial charge in [0.1, 0.15) is 11.6 Å². The lowest BCUT2D eigenvalue weighted by atomic mass is 10.1. The van der Waals surface area contributed by atoms with Crippen molar-refractivity contribution in [3.8, 4) is 5.75 Å². The highest BCUT2D eigenvalue weighted by Gasteiger charge is 2.26. The number of rotatable bonds is 2. The second-order valence-electron chi connectivity index (χ2n) is 7.11. The van der Waals surface area contributed by atoms with Gasteiger partial charge in [-0.2, -0.15) is 0 Å². The molecular weight excluding hydrogens is 373 g/mol. The number of fused-ring (bicyclic) bond motifs is 3. The van der Waals surface area contributed by atoms with E-state index in [4.69, 9.17) is 0 Å². The Hall–Kier alpha value is -3.55. The summed E-state index contributed by atoms with van der Waals surface area (Å²) in [6.45, 7) is 2.58. The van der Waals surface area contributed by atoms with E-state index >= 15 is 0 Å². The first-order valence-electron chi connectivity index (χ1n) is 9.42. The van der Waals surface area contributed by atoms with Gasteiger partial charge in [-0.05, 0) is 30.3 Å². The molecule has 8 heteroatoms. The van der Waals surface area contributed by atoms with E-state index in [1.165, 1.54) is 12.1 Å². The summed E-state index contributed by atoms with van der Waals surface area (Å²) >= 11 is 0. The van der Waals surface area contributed by atoms with Crippen molar-refractivity contribution in [3.05, 3.63) is 52.3 Å². The molecule has 0 unspecified atom stereocenters. The van der Waals surface area contributed by atoms with Crippen molar-refractivity contribution in [2.75, 3.05) is 31.1 Å². The number of amides is 1. The summed E-state index contributed by atoms with van der Waals surface area (Å²) in [5.41, 5.74) is 2.20. The highest BCUT2D eigenvalue weighted by Crippen LogP contribution is 2.21. The van der Waals surface area contributed by atoms with Crippen LogP contribution in [0.1, 0.15) is 5.56 Å². The van der Waals surface area contributed by atoms with Crippen LogP contribution in [0.4, 0.5) is 15.8 Å². The number of carbonyl (C=O) groups is 1. The maximum atomic E-state index is 13.1. The molecule has 3 heterocycles. The van der Waals surface area contributed by atoms with Crippen molar-refractivity contribution in [3.63, 3.8) is 0 Å². The zero-order chi connectivity index (χ0) is 20.0. The minimum Gasteiger partial charge on any atom is -0.507 e. The lowest BCUT2D eigenvalue weighted by Crippen LogP contribution is -2.51. The van der Waals surface area contributed by atoms with Gasteiger partial charge in [0.05, 0.1) is 17.6 Å². The lowest BCUT2D eigenvalue weighted by Gasteiger charge is -2.36. The summed E-state index contributed by atoms with van der Waals surface area (Å²) in [6.07, 6.45) is 3.48. The fourth-order valence-corrected chi connectivity index (χ4v) is 3.82. The normalized spacial score (nSPS) is 17.2. The number of anilines is 1. The van der Waals surface area contributed by atoms with Gasteiger partial charge in [0.15, 0.2) is 0 Å². The highest BCUT2D eigenvalue weighted by molar-refractivity contribution is 6.38. The van der Waals surface area contributed by atoms with Crippen LogP contribution in [0, 0.1) is 5.82 Å². The molecule has 0 atom stereocenters. The molecule has 0 spiro atoms. The zero-order valence-corrected chi connectivity index (χ0v) is 15.5. The fraction of sp³-hybridized carbons (Fsp3) is 0.238. The molecule has 1 saturated heterocycles. The number of nitrogens with zero attached hydrogens (tertiary/aromatic N) is 5. The molecule has 3 aliphatic heterocycles. The number of amidine groups is 1. The van der Waals surface area contributed by atoms with Gasteiger partial charge in [-0.25, -0.2) is 9.38 Å². The quantitative estimate of drug-likeness (QED) is 0.826. The SMILES string of the molecule is O=C(C1=NCc2c(O)cc3c(c2=N1)=CC=N3)N1CCN(c2ccc(F)cc2)CC1. The van der Waals surface area contributed by atoms with Crippen LogP contribution in [0.5, 0.6) is 5.75 Å². The molecular formula is C21H18FN5O2. The molecule has 0 radical (unpaired) electrons. The highest BCUT2D eigenvalue weighted by atomic mass is 19.1. The second kappa shape index (κ2) is 6.80. The third-order valence-electron chi connectivity index (χ3n) is 5.41. The molecule has 1 amide bonds. The van der Waals surface area contributed by atoms with E-state index in [9.17, 15) is 14.3 Å². The number of hydrogen-bond donors (Lipinski definition) is 1. The molecule has 1 fully saturated rings. The standard InChI is InChI=1S/C21H18FN5O2/c22-13-1-3-14(4-2-13)26-7-9-27(10-8-26)21(29)20-24-12-16-18(28)11-17-15(5-6-23-17)19(16)25-20/h1-6,11,28H,7-10,12H2. The van der Waals surface area contributed by atoms with E-state index in [0.29, 0.717) is 42.8 Å². The summed E-state index contributed by atoms with van der Waals surface area (Å²) in [6, 6.07) is 7.97. The minimum atomic E-state index is -0.264. The van der Waals surface area contributed by atoms with Crippen molar-refractivity contribution in [2.45, 2.75) is 6.54 Å². The van der Waals surface area contributed by atoms with Crippen molar-refractivity contribution in [2.24, 2.45) is 15.0 Å². The number of hydrogen-bond acceptors (Lipinski definition) is 6. The number of aliphatic imine (C=N–C) groups is 2. The van der Waals surface area contributed by atoms with Crippen LogP contribution >= 0.6 is 0 Å². The molecule has 5 rings (SSSR count). The van der Waals surface area contributed by atoms with E-state index in [1.54, 1.807) is 29.3 Å². The minimum absolute atomic E-state index is 0.0955. The van der Waals surface area contributed by atoms with Gasteiger partial charge in [-0.15, -0.1) is 0 Å². The van der Waals surface area contributed by atoms with Crippen LogP contribution in [-0.4, -0.2) is 54.1 Å². The van der Waals surface area contributed by atoms with Gasteiger partial charge in [-0.1, -0.05) is 0 Å². The van der Waals surface area contributed by atoms with Crippen LogP contribution in [0.15, 0.2) is 45.3 Å². The molecule has 0 aromatic heterocycles. The topological polar surface area (TPSA) is 80.9 Å². The van der Waals surface area contributed by atoms with E-state index < -0.39 is 0 Å². The van der Waals surface area contributed by atoms with Crippen molar-refractivity contribution in [1.29, 1.82) is 0 Å². The summed E-state index contributed by atoms with van der Waals surface area (Å²) in [5, 5.41) is 11.6. The molecule has 1 N–H and O–H groups in total. The first kappa shape index (κ1) is 17.5. The Morgan fingerprint density at radius 2 is 1.86 bits per heavy atom. The first-order chi connectivity index (χ1) is 14.1. The summed E-state index contributed by atoms with van der Waals surface area (Å²) < 4.78 is 13.1. The second-order valence-corrected chi connectivity index (χ2v) is 7.11. The van der Waals surface area contributed by atoms with Gasteiger partial charge in [0.2, 0.25) is 5.84 Å². The van der Waals surface area contributed by atoms with Crippen molar-refractivity contribution in [1.82, 2.24) is 4.90 Å². The monoisotopic (exact) mass is 391 g/mol. The number of benzene rings is 2. The predicted molar refractivity (Wildman–Crippen MR) is 108 cm³/mol. The lowest BCUT2D eigenvalue weighted by molar-refractivity contribution is -0.124. The average molecular weight is 391 g/mol. The number of aromatic hydroxyl groups is 1. The van der Waals surface area contributed by atoms with E-state index in [0.717, 1.165) is 10.9 Å². The van der Waals surface area contributed by atoms with Gasteiger partial charge in [-0.3, -0.25) is 14.8 Å². The Bertz CT molecular complexity index is 1180. The maximum absolute atomic E-state index is 13.1. The van der Waals surface area contributed by atoms with Gasteiger partial charge in [0.25, 0.3) is 5.91 Å². The zero-order valence-electron chi connectivity index (χ0n) is 15.5. The van der Waals surface area contributed by atoms with E-state index in [-0.39, 0.29) is 29.9 Å². The van der Waals surface area contributed by atoms with E-state index in [1.807, 2.05) is 6.08 Å². The number of phenolic OH excluding ortho intramolecular Hbond substituents is 1. The Kier molecular flexibility index (Phi) is 4.12. The third-order valence-corrected chi connectivity index (χ3v) is 5.41. The van der Waals surface area contributed by atoms with Gasteiger partial charge >= 0.3 is 0 Å².